The van der Waals surface area contributed by atoms with Crippen LogP contribution in [0.15, 0.2) is 12.1 Å². The number of ether oxygens (including phenoxy) is 3. The zero-order valence-corrected chi connectivity index (χ0v) is 10.9. The van der Waals surface area contributed by atoms with Crippen LogP contribution in [-0.4, -0.2) is 31.9 Å². The SMILES string of the molecule is COc1ccc2c(c1OC)OCCCC2(N)C(=O)O. The van der Waals surface area contributed by atoms with Crippen LogP contribution >= 0.6 is 0 Å². The second-order valence-corrected chi connectivity index (χ2v) is 4.41. The summed E-state index contributed by atoms with van der Waals surface area (Å²) in [5, 5.41) is 9.41. The first-order chi connectivity index (χ1) is 9.04. The number of carboxylic acids is 1. The summed E-state index contributed by atoms with van der Waals surface area (Å²) in [6.45, 7) is 0.392. The first-order valence-electron chi connectivity index (χ1n) is 5.95. The molecule has 0 aromatic heterocycles. The molecule has 1 unspecified atom stereocenters. The Balaban J connectivity index is 2.66. The monoisotopic (exact) mass is 267 g/mol. The maximum absolute atomic E-state index is 11.5. The molecule has 1 heterocycles. The van der Waals surface area contributed by atoms with Crippen molar-refractivity contribution in [2.45, 2.75) is 18.4 Å². The average Bonchev–Trinajstić information content (AvgIpc) is 2.58. The third kappa shape index (κ3) is 2.08. The van der Waals surface area contributed by atoms with E-state index in [0.29, 0.717) is 42.3 Å². The number of hydrogen-bond donors (Lipinski definition) is 2. The van der Waals surface area contributed by atoms with Gasteiger partial charge in [0.1, 0.15) is 5.54 Å². The highest BCUT2D eigenvalue weighted by Crippen LogP contribution is 2.45. The largest absolute Gasteiger partial charge is 0.493 e. The number of rotatable bonds is 3. The number of carbonyl (C=O) groups is 1. The Kier molecular flexibility index (Phi) is 3.53. The molecule has 19 heavy (non-hydrogen) atoms. The zero-order chi connectivity index (χ0) is 14.0. The van der Waals surface area contributed by atoms with E-state index in [2.05, 4.69) is 0 Å². The second-order valence-electron chi connectivity index (χ2n) is 4.41. The van der Waals surface area contributed by atoms with Crippen molar-refractivity contribution >= 4 is 5.97 Å². The summed E-state index contributed by atoms with van der Waals surface area (Å²) in [5.74, 6) is 0.129. The lowest BCUT2D eigenvalue weighted by Gasteiger charge is -2.25. The van der Waals surface area contributed by atoms with Crippen molar-refractivity contribution in [2.24, 2.45) is 5.73 Å². The van der Waals surface area contributed by atoms with Crippen molar-refractivity contribution in [3.05, 3.63) is 17.7 Å². The van der Waals surface area contributed by atoms with Crippen LogP contribution in [0.1, 0.15) is 18.4 Å². The molecule has 0 amide bonds. The highest BCUT2D eigenvalue weighted by atomic mass is 16.5. The van der Waals surface area contributed by atoms with Crippen molar-refractivity contribution in [1.82, 2.24) is 0 Å². The number of benzene rings is 1. The lowest BCUT2D eigenvalue weighted by atomic mass is 9.86. The van der Waals surface area contributed by atoms with Gasteiger partial charge < -0.3 is 25.1 Å². The Labute approximate surface area is 111 Å². The Hall–Kier alpha value is -1.95. The lowest BCUT2D eigenvalue weighted by molar-refractivity contribution is -0.144. The van der Waals surface area contributed by atoms with Gasteiger partial charge in [-0.1, -0.05) is 0 Å². The van der Waals surface area contributed by atoms with Gasteiger partial charge in [-0.15, -0.1) is 0 Å². The average molecular weight is 267 g/mol. The van der Waals surface area contributed by atoms with E-state index in [1.807, 2.05) is 0 Å². The van der Waals surface area contributed by atoms with Crippen LogP contribution in [0.4, 0.5) is 0 Å². The molecule has 0 radical (unpaired) electrons. The van der Waals surface area contributed by atoms with Crippen molar-refractivity contribution in [3.63, 3.8) is 0 Å². The minimum absolute atomic E-state index is 0.310. The van der Waals surface area contributed by atoms with Crippen LogP contribution < -0.4 is 19.9 Å². The van der Waals surface area contributed by atoms with Gasteiger partial charge in [-0.2, -0.15) is 0 Å². The number of aliphatic carboxylic acids is 1. The minimum atomic E-state index is -1.47. The number of carboxylic acid groups (broad SMARTS) is 1. The van der Waals surface area contributed by atoms with Gasteiger partial charge >= 0.3 is 5.97 Å². The quantitative estimate of drug-likeness (QED) is 0.852. The third-order valence-corrected chi connectivity index (χ3v) is 3.32. The predicted octanol–water partition coefficient (Wildman–Crippen LogP) is 1.11. The summed E-state index contributed by atoms with van der Waals surface area (Å²) in [5.41, 5.74) is 5.00. The van der Waals surface area contributed by atoms with Crippen LogP contribution in [0.5, 0.6) is 17.2 Å². The molecule has 2 rings (SSSR count). The van der Waals surface area contributed by atoms with Gasteiger partial charge in [-0.25, -0.2) is 4.79 Å². The van der Waals surface area contributed by atoms with E-state index in [4.69, 9.17) is 19.9 Å². The molecule has 0 spiro atoms. The van der Waals surface area contributed by atoms with Crippen molar-refractivity contribution in [2.75, 3.05) is 20.8 Å². The highest BCUT2D eigenvalue weighted by molar-refractivity contribution is 5.82. The Morgan fingerprint density at radius 3 is 2.74 bits per heavy atom. The number of fused-ring (bicyclic) bond motifs is 1. The van der Waals surface area contributed by atoms with Crippen molar-refractivity contribution in [3.8, 4) is 17.2 Å². The van der Waals surface area contributed by atoms with Crippen molar-refractivity contribution in [1.29, 1.82) is 0 Å². The molecule has 0 fully saturated rings. The summed E-state index contributed by atoms with van der Waals surface area (Å²) in [6.07, 6.45) is 0.869. The maximum atomic E-state index is 11.5. The number of hydrogen-bond acceptors (Lipinski definition) is 5. The Morgan fingerprint density at radius 2 is 2.16 bits per heavy atom. The van der Waals surface area contributed by atoms with Gasteiger partial charge in [0.25, 0.3) is 0 Å². The molecule has 6 heteroatoms. The van der Waals surface area contributed by atoms with Crippen LogP contribution in [0, 0.1) is 0 Å². The van der Waals surface area contributed by atoms with E-state index in [0.717, 1.165) is 0 Å². The summed E-state index contributed by atoms with van der Waals surface area (Å²) in [6, 6.07) is 3.26. The van der Waals surface area contributed by atoms with Gasteiger partial charge in [0.15, 0.2) is 11.5 Å². The fourth-order valence-electron chi connectivity index (χ4n) is 2.28. The standard InChI is InChI=1S/C13H17NO5/c1-17-9-5-4-8-10(11(9)18-2)19-7-3-6-13(8,14)12(15)16/h4-5H,3,6-7,14H2,1-2H3,(H,15,16). The van der Waals surface area contributed by atoms with Gasteiger partial charge in [-0.3, -0.25) is 0 Å². The Morgan fingerprint density at radius 1 is 1.42 bits per heavy atom. The van der Waals surface area contributed by atoms with Gasteiger partial charge in [-0.05, 0) is 25.0 Å². The maximum Gasteiger partial charge on any atom is 0.328 e. The molecule has 0 saturated carbocycles. The van der Waals surface area contributed by atoms with E-state index < -0.39 is 11.5 Å². The lowest BCUT2D eigenvalue weighted by Crippen LogP contribution is -2.44. The molecular weight excluding hydrogens is 250 g/mol. The molecule has 0 bridgehead atoms. The van der Waals surface area contributed by atoms with Gasteiger partial charge in [0, 0.05) is 5.56 Å². The second kappa shape index (κ2) is 4.97. The molecule has 104 valence electrons. The van der Waals surface area contributed by atoms with E-state index in [9.17, 15) is 9.90 Å². The molecule has 1 aliphatic rings. The van der Waals surface area contributed by atoms with Crippen LogP contribution in [0.2, 0.25) is 0 Å². The smallest absolute Gasteiger partial charge is 0.328 e. The third-order valence-electron chi connectivity index (χ3n) is 3.32. The fourth-order valence-corrected chi connectivity index (χ4v) is 2.28. The van der Waals surface area contributed by atoms with E-state index in [-0.39, 0.29) is 0 Å². The van der Waals surface area contributed by atoms with Crippen molar-refractivity contribution < 1.29 is 24.1 Å². The first-order valence-corrected chi connectivity index (χ1v) is 5.95. The van der Waals surface area contributed by atoms with Crippen LogP contribution in [0.25, 0.3) is 0 Å². The van der Waals surface area contributed by atoms with E-state index in [1.54, 1.807) is 12.1 Å². The first kappa shape index (κ1) is 13.5. The number of nitrogens with two attached hydrogens (primary N) is 1. The summed E-state index contributed by atoms with van der Waals surface area (Å²) < 4.78 is 16.1. The molecule has 0 aliphatic carbocycles. The molecular formula is C13H17NO5. The Bertz CT molecular complexity index is 502. The van der Waals surface area contributed by atoms with E-state index >= 15 is 0 Å². The molecule has 1 aromatic rings. The molecule has 3 N–H and O–H groups in total. The predicted molar refractivity (Wildman–Crippen MR) is 67.8 cm³/mol. The molecule has 1 aromatic carbocycles. The molecule has 1 aliphatic heterocycles. The zero-order valence-electron chi connectivity index (χ0n) is 10.9. The van der Waals surface area contributed by atoms with Crippen LogP contribution in [0.3, 0.4) is 0 Å². The molecule has 0 saturated heterocycles. The number of methoxy groups -OCH3 is 2. The highest BCUT2D eigenvalue weighted by Gasteiger charge is 2.41. The summed E-state index contributed by atoms with van der Waals surface area (Å²) in [4.78, 5) is 11.5. The van der Waals surface area contributed by atoms with Gasteiger partial charge in [0.2, 0.25) is 5.75 Å². The fraction of sp³-hybridized carbons (Fsp3) is 0.462. The molecule has 1 atom stereocenters. The topological polar surface area (TPSA) is 91.0 Å². The van der Waals surface area contributed by atoms with Gasteiger partial charge in [0.05, 0.1) is 20.8 Å². The van der Waals surface area contributed by atoms with E-state index in [1.165, 1.54) is 14.2 Å². The summed E-state index contributed by atoms with van der Waals surface area (Å²) in [7, 11) is 2.99. The summed E-state index contributed by atoms with van der Waals surface area (Å²) >= 11 is 0. The normalized spacial score (nSPS) is 21.8. The minimum Gasteiger partial charge on any atom is -0.493 e. The molecule has 6 nitrogen and oxygen atoms in total. The van der Waals surface area contributed by atoms with Crippen LogP contribution in [-0.2, 0) is 10.3 Å².